The van der Waals surface area contributed by atoms with Gasteiger partial charge in [-0.15, -0.1) is 0 Å². The van der Waals surface area contributed by atoms with Gasteiger partial charge in [-0.1, -0.05) is 17.7 Å². The zero-order chi connectivity index (χ0) is 18.0. The first-order chi connectivity index (χ1) is 12.0. The van der Waals surface area contributed by atoms with Gasteiger partial charge in [-0.3, -0.25) is 9.10 Å². The molecule has 1 saturated heterocycles. The number of halogens is 1. The van der Waals surface area contributed by atoms with Crippen LogP contribution >= 0.6 is 11.6 Å². The van der Waals surface area contributed by atoms with Crippen molar-refractivity contribution in [3.05, 3.63) is 52.5 Å². The zero-order valence-electron chi connectivity index (χ0n) is 14.1. The van der Waals surface area contributed by atoms with Crippen LogP contribution in [0.1, 0.15) is 22.3 Å². The Morgan fingerprint density at radius 2 is 2.04 bits per heavy atom. The molecule has 1 atom stereocenters. The van der Waals surface area contributed by atoms with Crippen molar-refractivity contribution in [3.8, 4) is 0 Å². The van der Waals surface area contributed by atoms with Crippen LogP contribution in [0.4, 0.5) is 17.1 Å². The Morgan fingerprint density at radius 3 is 2.68 bits per heavy atom. The van der Waals surface area contributed by atoms with E-state index in [2.05, 4.69) is 10.6 Å². The summed E-state index contributed by atoms with van der Waals surface area (Å²) < 4.78 is 13.8. The van der Waals surface area contributed by atoms with Crippen molar-refractivity contribution < 1.29 is 9.00 Å². The van der Waals surface area contributed by atoms with E-state index in [1.807, 2.05) is 36.5 Å². The number of carbonyl (C=O) groups is 1. The fraction of sp³-hybridized carbons (Fsp3) is 0.278. The van der Waals surface area contributed by atoms with Gasteiger partial charge in [0.2, 0.25) is 0 Å². The van der Waals surface area contributed by atoms with E-state index < -0.39 is 11.0 Å². The second-order valence-corrected chi connectivity index (χ2v) is 7.78. The van der Waals surface area contributed by atoms with Gasteiger partial charge in [0.15, 0.2) is 0 Å². The largest absolute Gasteiger partial charge is 0.388 e. The van der Waals surface area contributed by atoms with E-state index in [-0.39, 0.29) is 5.91 Å². The lowest BCUT2D eigenvalue weighted by molar-refractivity contribution is 0.102. The summed E-state index contributed by atoms with van der Waals surface area (Å²) in [6.45, 7) is 2.74. The van der Waals surface area contributed by atoms with Crippen LogP contribution < -0.4 is 14.9 Å². The van der Waals surface area contributed by atoms with Crippen molar-refractivity contribution >= 4 is 45.6 Å². The summed E-state index contributed by atoms with van der Waals surface area (Å²) in [5.74, 6) is 0.395. The van der Waals surface area contributed by atoms with Gasteiger partial charge >= 0.3 is 0 Å². The number of carbonyl (C=O) groups excluding carboxylic acids is 1. The van der Waals surface area contributed by atoms with Gasteiger partial charge in [0.05, 0.1) is 16.3 Å². The maximum absolute atomic E-state index is 12.5. The van der Waals surface area contributed by atoms with Gasteiger partial charge in [-0.05, 0) is 49.2 Å². The molecule has 1 aliphatic heterocycles. The van der Waals surface area contributed by atoms with Crippen LogP contribution in [0, 0.1) is 6.92 Å². The van der Waals surface area contributed by atoms with E-state index in [4.69, 9.17) is 11.6 Å². The predicted octanol–water partition coefficient (Wildman–Crippen LogP) is 3.82. The summed E-state index contributed by atoms with van der Waals surface area (Å²) in [6.07, 6.45) is 0.897. The number of aryl methyl sites for hydroxylation is 1. The van der Waals surface area contributed by atoms with Gasteiger partial charge in [-0.2, -0.15) is 0 Å². The quantitative estimate of drug-likeness (QED) is 0.851. The molecule has 0 spiro atoms. The van der Waals surface area contributed by atoms with Crippen molar-refractivity contribution in [1.29, 1.82) is 0 Å². The Bertz CT molecular complexity index is 841. The Hall–Kier alpha value is -2.05. The SMILES string of the molecule is CNc1cc(NC(=O)c2ccc(N3CCCS3=O)cc2Cl)ccc1C. The van der Waals surface area contributed by atoms with Gasteiger partial charge in [0.25, 0.3) is 5.91 Å². The average Bonchev–Trinajstić information content (AvgIpc) is 3.02. The van der Waals surface area contributed by atoms with E-state index in [9.17, 15) is 9.00 Å². The van der Waals surface area contributed by atoms with E-state index in [1.54, 1.807) is 18.2 Å². The molecule has 7 heteroatoms. The lowest BCUT2D eigenvalue weighted by atomic mass is 10.1. The summed E-state index contributed by atoms with van der Waals surface area (Å²) in [6, 6.07) is 10.8. The molecule has 132 valence electrons. The summed E-state index contributed by atoms with van der Waals surface area (Å²) in [5, 5.41) is 6.30. The Kier molecular flexibility index (Phi) is 5.30. The van der Waals surface area contributed by atoms with E-state index in [1.165, 1.54) is 0 Å². The minimum atomic E-state index is -1.01. The molecule has 0 aromatic heterocycles. The molecule has 2 aromatic rings. The highest BCUT2D eigenvalue weighted by atomic mass is 35.5. The van der Waals surface area contributed by atoms with Crippen molar-refractivity contribution in [1.82, 2.24) is 0 Å². The van der Waals surface area contributed by atoms with Crippen LogP contribution in [-0.4, -0.2) is 29.5 Å². The summed E-state index contributed by atoms with van der Waals surface area (Å²) in [5.41, 5.74) is 3.92. The van der Waals surface area contributed by atoms with Crippen LogP contribution in [-0.2, 0) is 11.0 Å². The van der Waals surface area contributed by atoms with Crippen LogP contribution in [0.3, 0.4) is 0 Å². The number of rotatable bonds is 4. The average molecular weight is 378 g/mol. The summed E-state index contributed by atoms with van der Waals surface area (Å²) in [7, 11) is 0.832. The van der Waals surface area contributed by atoms with Gasteiger partial charge in [-0.25, -0.2) is 4.21 Å². The van der Waals surface area contributed by atoms with E-state index >= 15 is 0 Å². The lowest BCUT2D eigenvalue weighted by Crippen LogP contribution is -2.20. The van der Waals surface area contributed by atoms with Crippen LogP contribution in [0.2, 0.25) is 5.02 Å². The second-order valence-electron chi connectivity index (χ2n) is 5.88. The lowest BCUT2D eigenvalue weighted by Gasteiger charge is -2.17. The Labute approximate surface area is 155 Å². The zero-order valence-corrected chi connectivity index (χ0v) is 15.7. The molecule has 1 aliphatic rings. The molecule has 2 N–H and O–H groups in total. The molecule has 1 fully saturated rings. The highest BCUT2D eigenvalue weighted by molar-refractivity contribution is 7.86. The molecule has 0 saturated carbocycles. The minimum Gasteiger partial charge on any atom is -0.388 e. The number of benzene rings is 2. The minimum absolute atomic E-state index is 0.273. The van der Waals surface area contributed by atoms with Crippen LogP contribution in [0.25, 0.3) is 0 Å². The fourth-order valence-electron chi connectivity index (χ4n) is 2.80. The molecule has 0 bridgehead atoms. The van der Waals surface area contributed by atoms with Crippen molar-refractivity contribution in [2.75, 3.05) is 34.3 Å². The fourth-order valence-corrected chi connectivity index (χ4v) is 4.34. The molecule has 25 heavy (non-hydrogen) atoms. The molecule has 5 nitrogen and oxygen atoms in total. The van der Waals surface area contributed by atoms with Gasteiger partial charge < -0.3 is 10.6 Å². The maximum Gasteiger partial charge on any atom is 0.257 e. The maximum atomic E-state index is 12.5. The van der Waals surface area contributed by atoms with Gasteiger partial charge in [0, 0.05) is 30.7 Å². The smallest absolute Gasteiger partial charge is 0.257 e. The molecule has 1 heterocycles. The molecular formula is C18H20ClN3O2S. The summed E-state index contributed by atoms with van der Waals surface area (Å²) in [4.78, 5) is 12.5. The van der Waals surface area contributed by atoms with Crippen molar-refractivity contribution in [2.24, 2.45) is 0 Å². The number of hydrogen-bond donors (Lipinski definition) is 2. The van der Waals surface area contributed by atoms with Gasteiger partial charge in [0.1, 0.15) is 11.0 Å². The molecular weight excluding hydrogens is 358 g/mol. The molecule has 3 rings (SSSR count). The number of nitrogens with one attached hydrogen (secondary N) is 2. The number of hydrogen-bond acceptors (Lipinski definition) is 3. The number of amides is 1. The Morgan fingerprint density at radius 1 is 1.24 bits per heavy atom. The monoisotopic (exact) mass is 377 g/mol. The number of nitrogens with zero attached hydrogens (tertiary/aromatic N) is 1. The number of anilines is 3. The van der Waals surface area contributed by atoms with Crippen molar-refractivity contribution in [2.45, 2.75) is 13.3 Å². The highest BCUT2D eigenvalue weighted by Crippen LogP contribution is 2.28. The summed E-state index contributed by atoms with van der Waals surface area (Å²) >= 11 is 6.30. The normalized spacial score (nSPS) is 16.8. The first-order valence-corrected chi connectivity index (χ1v) is 9.70. The van der Waals surface area contributed by atoms with E-state index in [0.29, 0.717) is 22.0 Å². The van der Waals surface area contributed by atoms with Crippen LogP contribution in [0.15, 0.2) is 36.4 Å². The predicted molar refractivity (Wildman–Crippen MR) is 105 cm³/mol. The second kappa shape index (κ2) is 7.45. The molecule has 1 unspecified atom stereocenters. The third-order valence-electron chi connectivity index (χ3n) is 4.18. The highest BCUT2D eigenvalue weighted by Gasteiger charge is 2.22. The molecule has 2 aromatic carbocycles. The molecule has 0 radical (unpaired) electrons. The topological polar surface area (TPSA) is 61.4 Å². The standard InChI is InChI=1S/C18H20ClN3O2S/c1-12-4-5-13(10-17(12)20-2)21-18(23)15-7-6-14(11-16(15)19)22-8-3-9-25(22)24/h4-7,10-11,20H,3,8-9H2,1-2H3,(H,21,23). The van der Waals surface area contributed by atoms with Crippen LogP contribution in [0.5, 0.6) is 0 Å². The third kappa shape index (κ3) is 3.80. The first-order valence-electron chi connectivity index (χ1n) is 8.05. The Balaban J connectivity index is 1.79. The molecule has 1 amide bonds. The molecule has 0 aliphatic carbocycles. The third-order valence-corrected chi connectivity index (χ3v) is 6.01. The van der Waals surface area contributed by atoms with E-state index in [0.717, 1.165) is 29.9 Å². The van der Waals surface area contributed by atoms with Crippen molar-refractivity contribution in [3.63, 3.8) is 0 Å². The first kappa shape index (κ1) is 17.8.